The van der Waals surface area contributed by atoms with Gasteiger partial charge in [0.25, 0.3) is 0 Å². The minimum atomic E-state index is -0.519. The van der Waals surface area contributed by atoms with E-state index in [4.69, 9.17) is 11.6 Å². The van der Waals surface area contributed by atoms with E-state index in [2.05, 4.69) is 0 Å². The molecule has 0 aliphatic heterocycles. The average molecular weight is 311 g/mol. The molecular formula is C15H14ClFNO3+. The minimum absolute atomic E-state index is 0.0694. The molecule has 0 heterocycles. The molecule has 0 atom stereocenters. The first-order valence-electron chi connectivity index (χ1n) is 6.13. The summed E-state index contributed by atoms with van der Waals surface area (Å²) in [6, 6.07) is 7.06. The maximum Gasteiger partial charge on any atom is 0.226 e. The zero-order chi connectivity index (χ0) is 15.6. The van der Waals surface area contributed by atoms with Crippen molar-refractivity contribution in [2.75, 3.05) is 7.05 Å². The summed E-state index contributed by atoms with van der Waals surface area (Å²) >= 11 is 5.95. The van der Waals surface area contributed by atoms with E-state index in [0.717, 1.165) is 4.74 Å². The van der Waals surface area contributed by atoms with Crippen molar-refractivity contribution < 1.29 is 24.5 Å². The fraction of sp³-hybridized carbons (Fsp3) is 0.133. The Morgan fingerprint density at radius 2 is 1.90 bits per heavy atom. The van der Waals surface area contributed by atoms with E-state index in [1.165, 1.54) is 43.6 Å². The molecule has 0 unspecified atom stereocenters. The van der Waals surface area contributed by atoms with E-state index in [9.17, 15) is 19.8 Å². The molecule has 4 nitrogen and oxygen atoms in total. The monoisotopic (exact) mass is 310 g/mol. The second-order valence-corrected chi connectivity index (χ2v) is 4.99. The van der Waals surface area contributed by atoms with Crippen LogP contribution in [0, 0.1) is 5.82 Å². The van der Waals surface area contributed by atoms with Crippen LogP contribution in [0.3, 0.4) is 0 Å². The van der Waals surface area contributed by atoms with Crippen molar-refractivity contribution in [3.05, 3.63) is 57.9 Å². The van der Waals surface area contributed by atoms with Crippen LogP contribution in [0.1, 0.15) is 16.7 Å². The molecule has 0 bridgehead atoms. The minimum Gasteiger partial charge on any atom is -0.508 e. The molecule has 0 radical (unpaired) electrons. The van der Waals surface area contributed by atoms with Crippen molar-refractivity contribution in [1.82, 2.24) is 0 Å². The molecule has 0 fully saturated rings. The Hall–Kier alpha value is -2.27. The molecule has 0 aliphatic rings. The van der Waals surface area contributed by atoms with Crippen LogP contribution in [-0.4, -0.2) is 33.4 Å². The Bertz CT molecular complexity index is 692. The van der Waals surface area contributed by atoms with Gasteiger partial charge >= 0.3 is 0 Å². The molecule has 21 heavy (non-hydrogen) atoms. The van der Waals surface area contributed by atoms with E-state index < -0.39 is 5.82 Å². The first-order valence-corrected chi connectivity index (χ1v) is 6.51. The molecule has 0 saturated carbocycles. The molecule has 2 aromatic rings. The van der Waals surface area contributed by atoms with Crippen molar-refractivity contribution in [2.45, 2.75) is 6.42 Å². The molecule has 0 spiro atoms. The van der Waals surface area contributed by atoms with Gasteiger partial charge in [-0.3, -0.25) is 5.21 Å². The Morgan fingerprint density at radius 3 is 2.52 bits per heavy atom. The molecule has 2 aromatic carbocycles. The molecule has 3 N–H and O–H groups in total. The van der Waals surface area contributed by atoms with Crippen molar-refractivity contribution in [3.63, 3.8) is 0 Å². The number of halogens is 2. The van der Waals surface area contributed by atoms with Gasteiger partial charge in [0.1, 0.15) is 17.3 Å². The summed E-state index contributed by atoms with van der Waals surface area (Å²) in [4.78, 5) is 0. The van der Waals surface area contributed by atoms with Crippen LogP contribution in [0.25, 0.3) is 0 Å². The quantitative estimate of drug-likeness (QED) is 0.353. The summed E-state index contributed by atoms with van der Waals surface area (Å²) in [5, 5.41) is 29.4. The number of nitrogens with zero attached hydrogens (tertiary/aromatic N) is 1. The van der Waals surface area contributed by atoms with Gasteiger partial charge in [0.2, 0.25) is 6.21 Å². The van der Waals surface area contributed by atoms with Crippen LogP contribution in [0.5, 0.6) is 11.5 Å². The normalized spacial score (nSPS) is 11.7. The van der Waals surface area contributed by atoms with Gasteiger partial charge in [-0.25, -0.2) is 4.39 Å². The summed E-state index contributed by atoms with van der Waals surface area (Å²) in [5.74, 6) is -0.935. The van der Waals surface area contributed by atoms with Gasteiger partial charge in [-0.05, 0) is 29.0 Å². The number of benzene rings is 2. The zero-order valence-corrected chi connectivity index (χ0v) is 12.0. The molecule has 0 saturated heterocycles. The fourth-order valence-electron chi connectivity index (χ4n) is 2.00. The van der Waals surface area contributed by atoms with Gasteiger partial charge < -0.3 is 10.2 Å². The molecule has 110 valence electrons. The Labute approximate surface area is 125 Å². The predicted molar refractivity (Wildman–Crippen MR) is 77.1 cm³/mol. The second-order valence-electron chi connectivity index (χ2n) is 4.58. The molecule has 2 rings (SSSR count). The average Bonchev–Trinajstić information content (AvgIpc) is 2.40. The van der Waals surface area contributed by atoms with Crippen LogP contribution >= 0.6 is 11.6 Å². The maximum atomic E-state index is 13.8. The SMILES string of the molecule is C[N+](O)=Cc1ccc(O)c(Cc2c(F)cccc2Cl)c1O. The summed E-state index contributed by atoms with van der Waals surface area (Å²) in [6.45, 7) is 0. The van der Waals surface area contributed by atoms with E-state index in [-0.39, 0.29) is 34.1 Å². The Kier molecular flexibility index (Phi) is 4.33. The van der Waals surface area contributed by atoms with E-state index in [0.29, 0.717) is 5.56 Å². The number of phenolic OH excluding ortho intramolecular Hbond substituents is 2. The van der Waals surface area contributed by atoms with Crippen LogP contribution < -0.4 is 0 Å². The Morgan fingerprint density at radius 1 is 1.19 bits per heavy atom. The zero-order valence-electron chi connectivity index (χ0n) is 11.2. The maximum absolute atomic E-state index is 13.8. The molecular weight excluding hydrogens is 297 g/mol. The highest BCUT2D eigenvalue weighted by molar-refractivity contribution is 6.31. The van der Waals surface area contributed by atoms with E-state index in [1.807, 2.05) is 0 Å². The number of hydrogen-bond donors (Lipinski definition) is 3. The van der Waals surface area contributed by atoms with Crippen molar-refractivity contribution in [2.24, 2.45) is 0 Å². The van der Waals surface area contributed by atoms with Crippen LogP contribution in [0.2, 0.25) is 5.02 Å². The largest absolute Gasteiger partial charge is 0.508 e. The highest BCUT2D eigenvalue weighted by Gasteiger charge is 2.17. The second kappa shape index (κ2) is 6.01. The van der Waals surface area contributed by atoms with Gasteiger partial charge in [0.05, 0.1) is 5.56 Å². The van der Waals surface area contributed by atoms with Crippen LogP contribution in [0.4, 0.5) is 4.39 Å². The molecule has 6 heteroatoms. The lowest BCUT2D eigenvalue weighted by Crippen LogP contribution is -2.03. The van der Waals surface area contributed by atoms with Gasteiger partial charge in [-0.1, -0.05) is 17.7 Å². The Balaban J connectivity index is 2.52. The lowest BCUT2D eigenvalue weighted by molar-refractivity contribution is -0.751. The third kappa shape index (κ3) is 3.25. The number of phenols is 2. The predicted octanol–water partition coefficient (Wildman–Crippen LogP) is 2.93. The van der Waals surface area contributed by atoms with Crippen LogP contribution in [0.15, 0.2) is 30.3 Å². The van der Waals surface area contributed by atoms with Crippen molar-refractivity contribution in [1.29, 1.82) is 0 Å². The van der Waals surface area contributed by atoms with Crippen LogP contribution in [-0.2, 0) is 6.42 Å². The smallest absolute Gasteiger partial charge is 0.226 e. The number of aromatic hydroxyl groups is 2. The molecule has 0 amide bonds. The summed E-state index contributed by atoms with van der Waals surface area (Å²) < 4.78 is 14.6. The summed E-state index contributed by atoms with van der Waals surface area (Å²) in [7, 11) is 1.37. The van der Waals surface area contributed by atoms with Gasteiger partial charge in [0, 0.05) is 22.6 Å². The lowest BCUT2D eigenvalue weighted by atomic mass is 10.00. The third-order valence-corrected chi connectivity index (χ3v) is 3.38. The van der Waals surface area contributed by atoms with E-state index in [1.54, 1.807) is 0 Å². The van der Waals surface area contributed by atoms with Crippen molar-refractivity contribution in [3.8, 4) is 11.5 Å². The number of rotatable bonds is 3. The number of hydroxylamine groups is 1. The fourth-order valence-corrected chi connectivity index (χ4v) is 2.23. The van der Waals surface area contributed by atoms with Gasteiger partial charge in [-0.15, -0.1) is 0 Å². The topological polar surface area (TPSA) is 63.7 Å². The third-order valence-electron chi connectivity index (χ3n) is 3.03. The molecule has 0 aliphatic carbocycles. The van der Waals surface area contributed by atoms with Gasteiger partial charge in [-0.2, -0.15) is 0 Å². The first-order chi connectivity index (χ1) is 9.90. The van der Waals surface area contributed by atoms with Crippen molar-refractivity contribution >= 4 is 17.8 Å². The van der Waals surface area contributed by atoms with E-state index >= 15 is 0 Å². The summed E-state index contributed by atoms with van der Waals surface area (Å²) in [6.07, 6.45) is 1.20. The number of hydrogen-bond acceptors (Lipinski definition) is 3. The first kappa shape index (κ1) is 15.1. The van der Waals surface area contributed by atoms with Gasteiger partial charge in [0.15, 0.2) is 7.05 Å². The highest BCUT2D eigenvalue weighted by atomic mass is 35.5. The highest BCUT2D eigenvalue weighted by Crippen LogP contribution is 2.34. The summed E-state index contributed by atoms with van der Waals surface area (Å²) in [5.41, 5.74) is 0.608. The lowest BCUT2D eigenvalue weighted by Gasteiger charge is -2.11. The molecule has 0 aromatic heterocycles. The standard InChI is InChI=1S/C15H13ClFNO3/c1-18(21)8-9-5-6-14(19)11(15(9)20)7-10-12(16)3-2-4-13(10)17/h2-6,8,21H,7H2,1H3,(H,19,20)/p+1.